The highest BCUT2D eigenvalue weighted by Gasteiger charge is 2.37. The van der Waals surface area contributed by atoms with E-state index in [9.17, 15) is 9.13 Å². The smallest absolute Gasteiger partial charge is 0.302 e. The van der Waals surface area contributed by atoms with Crippen LogP contribution in [0.5, 0.6) is 0 Å². The van der Waals surface area contributed by atoms with E-state index in [1.165, 1.54) is 0 Å². The van der Waals surface area contributed by atoms with Crippen molar-refractivity contribution < 1.29 is 37.3 Å². The molecule has 2 N–H and O–H groups in total. The maximum absolute atomic E-state index is 10.7. The Kier molecular flexibility index (Phi) is 3.03. The van der Waals surface area contributed by atoms with Crippen LogP contribution in [0.1, 0.15) is 0 Å². The quantitative estimate of drug-likeness (QED) is 0.439. The van der Waals surface area contributed by atoms with Crippen molar-refractivity contribution in [2.45, 2.75) is 0 Å². The average molecular weight is 220 g/mol. The minimum Gasteiger partial charge on any atom is -0.302 e. The van der Waals surface area contributed by atoms with Crippen LogP contribution in [-0.2, 0) is 27.5 Å². The van der Waals surface area contributed by atoms with E-state index >= 15 is 0 Å². The lowest BCUT2D eigenvalue weighted by atomic mass is 10.8. The number of rotatable bonds is 0. The third kappa shape index (κ3) is 3.30. The summed E-state index contributed by atoms with van der Waals surface area (Å²) in [6.07, 6.45) is 0. The molecule has 0 bridgehead atoms. The van der Waals surface area contributed by atoms with Gasteiger partial charge >= 0.3 is 15.6 Å². The van der Waals surface area contributed by atoms with E-state index in [-0.39, 0.29) is 13.2 Å². The van der Waals surface area contributed by atoms with E-state index in [1.807, 2.05) is 0 Å². The molecule has 8 nitrogen and oxygen atoms in total. The van der Waals surface area contributed by atoms with Gasteiger partial charge in [-0.3, -0.25) is 4.52 Å². The molecular formula is C2H6O8P2. The minimum atomic E-state index is -4.64. The van der Waals surface area contributed by atoms with Crippen molar-refractivity contribution in [3.63, 3.8) is 0 Å². The van der Waals surface area contributed by atoms with Gasteiger partial charge in [-0.1, -0.05) is 0 Å². The fourth-order valence-electron chi connectivity index (χ4n) is 0.458. The van der Waals surface area contributed by atoms with Crippen LogP contribution in [-0.4, -0.2) is 23.0 Å². The molecule has 2 unspecified atom stereocenters. The molecule has 0 aliphatic carbocycles. The van der Waals surface area contributed by atoms with Gasteiger partial charge in [0, 0.05) is 0 Å². The number of hydrogen-bond donors (Lipinski definition) is 2. The second-order valence-corrected chi connectivity index (χ2v) is 4.68. The summed E-state index contributed by atoms with van der Waals surface area (Å²) in [6.45, 7) is -0.508. The average Bonchev–Trinajstić information content (AvgIpc) is 1.80. The standard InChI is InChI=1S/C2H6O8P2/c3-11(4)8-2-1-7-9-12(5,6)10-11/h1-2H2,(H,3,4)(H,5,6). The minimum absolute atomic E-state index is 0.238. The van der Waals surface area contributed by atoms with E-state index in [1.54, 1.807) is 0 Å². The molecule has 72 valence electrons. The lowest BCUT2D eigenvalue weighted by Crippen LogP contribution is -2.08. The van der Waals surface area contributed by atoms with Crippen LogP contribution >= 0.6 is 15.6 Å². The first-order chi connectivity index (χ1) is 5.41. The number of hydrogen-bond acceptors (Lipinski definition) is 6. The van der Waals surface area contributed by atoms with Crippen LogP contribution in [0.4, 0.5) is 0 Å². The van der Waals surface area contributed by atoms with Gasteiger partial charge in [-0.05, 0) is 0 Å². The summed E-state index contributed by atoms with van der Waals surface area (Å²) in [4.78, 5) is 21.3. The highest BCUT2D eigenvalue weighted by molar-refractivity contribution is 7.61. The van der Waals surface area contributed by atoms with Crippen molar-refractivity contribution in [3.8, 4) is 0 Å². The molecule has 1 aliphatic rings. The molecule has 0 saturated carbocycles. The molecule has 10 heteroatoms. The van der Waals surface area contributed by atoms with E-state index < -0.39 is 15.6 Å². The molecule has 0 aromatic carbocycles. The Balaban J connectivity index is 2.71. The topological polar surface area (TPSA) is 112 Å². The maximum Gasteiger partial charge on any atom is 0.508 e. The third-order valence-corrected chi connectivity index (χ3v) is 3.23. The van der Waals surface area contributed by atoms with Crippen molar-refractivity contribution in [2.75, 3.05) is 13.2 Å². The zero-order valence-corrected chi connectivity index (χ0v) is 7.44. The van der Waals surface area contributed by atoms with Crippen LogP contribution in [0.3, 0.4) is 0 Å². The second kappa shape index (κ2) is 3.53. The molecule has 0 spiro atoms. The number of phosphoric acid groups is 2. The fraction of sp³-hybridized carbons (Fsp3) is 1.00. The highest BCUT2D eigenvalue weighted by atomic mass is 31.3. The number of phosphoric ester groups is 1. The largest absolute Gasteiger partial charge is 0.508 e. The summed E-state index contributed by atoms with van der Waals surface area (Å²) < 4.78 is 32.9. The van der Waals surface area contributed by atoms with Gasteiger partial charge in [0.2, 0.25) is 0 Å². The van der Waals surface area contributed by atoms with Crippen LogP contribution in [0.25, 0.3) is 0 Å². The van der Waals surface area contributed by atoms with Gasteiger partial charge in [0.05, 0.1) is 6.61 Å². The molecule has 1 fully saturated rings. The van der Waals surface area contributed by atoms with Crippen molar-refractivity contribution in [2.24, 2.45) is 0 Å². The Bertz CT molecular complexity index is 223. The predicted molar refractivity (Wildman–Crippen MR) is 33.7 cm³/mol. The summed E-state index contributed by atoms with van der Waals surface area (Å²) in [6, 6.07) is 0. The third-order valence-electron chi connectivity index (χ3n) is 0.774. The second-order valence-electron chi connectivity index (χ2n) is 1.75. The molecule has 0 radical (unpaired) electrons. The van der Waals surface area contributed by atoms with Gasteiger partial charge in [0.15, 0.2) is 0 Å². The predicted octanol–water partition coefficient (Wildman–Crippen LogP) is 0.182. The monoisotopic (exact) mass is 220 g/mol. The molecule has 0 aromatic heterocycles. The van der Waals surface area contributed by atoms with Gasteiger partial charge in [-0.25, -0.2) is 14.0 Å². The summed E-state index contributed by atoms with van der Waals surface area (Å²) >= 11 is 0. The Labute approximate surface area is 67.2 Å². The van der Waals surface area contributed by atoms with E-state index in [2.05, 4.69) is 18.4 Å². The van der Waals surface area contributed by atoms with E-state index in [0.717, 1.165) is 0 Å². The van der Waals surface area contributed by atoms with Crippen molar-refractivity contribution >= 4 is 15.6 Å². The van der Waals surface area contributed by atoms with Crippen LogP contribution < -0.4 is 0 Å². The van der Waals surface area contributed by atoms with Crippen LogP contribution in [0.15, 0.2) is 0 Å². The summed E-state index contributed by atoms with van der Waals surface area (Å²) in [5.41, 5.74) is 0. The van der Waals surface area contributed by atoms with Crippen LogP contribution in [0.2, 0.25) is 0 Å². The molecule has 0 aromatic rings. The normalized spacial score (nSPS) is 44.8. The van der Waals surface area contributed by atoms with Crippen LogP contribution in [0, 0.1) is 0 Å². The van der Waals surface area contributed by atoms with Crippen molar-refractivity contribution in [1.82, 2.24) is 0 Å². The molecule has 1 heterocycles. The summed E-state index contributed by atoms with van der Waals surface area (Å²) in [7, 11) is -9.14. The van der Waals surface area contributed by atoms with Gasteiger partial charge in [0.25, 0.3) is 0 Å². The summed E-state index contributed by atoms with van der Waals surface area (Å²) in [5.74, 6) is 0. The lowest BCUT2D eigenvalue weighted by molar-refractivity contribution is -0.229. The molecule has 2 atom stereocenters. The van der Waals surface area contributed by atoms with E-state index in [4.69, 9.17) is 9.79 Å². The summed E-state index contributed by atoms with van der Waals surface area (Å²) in [5, 5.41) is 0. The first-order valence-corrected chi connectivity index (χ1v) is 5.73. The van der Waals surface area contributed by atoms with E-state index in [0.29, 0.717) is 0 Å². The molecular weight excluding hydrogens is 214 g/mol. The Morgan fingerprint density at radius 3 is 2.42 bits per heavy atom. The van der Waals surface area contributed by atoms with Gasteiger partial charge in [-0.15, -0.1) is 4.67 Å². The SMILES string of the molecule is O=P1(O)OCCOOP(=O)(O)O1. The zero-order chi connectivity index (χ0) is 9.24. The Morgan fingerprint density at radius 1 is 1.08 bits per heavy atom. The Morgan fingerprint density at radius 2 is 1.75 bits per heavy atom. The molecule has 0 amide bonds. The van der Waals surface area contributed by atoms with Gasteiger partial charge in [0.1, 0.15) is 6.61 Å². The van der Waals surface area contributed by atoms with Gasteiger partial charge < -0.3 is 9.79 Å². The fourth-order valence-corrected chi connectivity index (χ4v) is 2.31. The van der Waals surface area contributed by atoms with Gasteiger partial charge in [-0.2, -0.15) is 4.31 Å². The van der Waals surface area contributed by atoms with Crippen molar-refractivity contribution in [1.29, 1.82) is 0 Å². The maximum atomic E-state index is 10.7. The molecule has 1 rings (SSSR count). The molecule has 1 saturated heterocycles. The molecule has 1 aliphatic heterocycles. The van der Waals surface area contributed by atoms with Crippen molar-refractivity contribution in [3.05, 3.63) is 0 Å². The zero-order valence-electron chi connectivity index (χ0n) is 5.65. The molecule has 12 heavy (non-hydrogen) atoms. The first-order valence-electron chi connectivity index (χ1n) is 2.74. The first kappa shape index (κ1) is 10.3. The highest BCUT2D eigenvalue weighted by Crippen LogP contribution is 2.61. The lowest BCUT2D eigenvalue weighted by Gasteiger charge is -2.17. The Hall–Kier alpha value is 0.220.